The van der Waals surface area contributed by atoms with Gasteiger partial charge in [-0.1, -0.05) is 13.8 Å². The standard InChI is InChI=1S/C8H18N2O2/c1-5(2)8(12-3)6(9)4-7(10)11/h5-6,8H,4,9H2,1-3H3,(H2,10,11). The first kappa shape index (κ1) is 11.4. The van der Waals surface area contributed by atoms with Gasteiger partial charge >= 0.3 is 0 Å². The fourth-order valence-electron chi connectivity index (χ4n) is 1.29. The Kier molecular flexibility index (Phi) is 4.85. The Morgan fingerprint density at radius 1 is 1.50 bits per heavy atom. The third-order valence-electron chi connectivity index (χ3n) is 1.79. The van der Waals surface area contributed by atoms with Crippen LogP contribution in [-0.2, 0) is 9.53 Å². The number of amides is 1. The van der Waals surface area contributed by atoms with Gasteiger partial charge in [-0.05, 0) is 5.92 Å². The normalized spacial score (nSPS) is 16.1. The summed E-state index contributed by atoms with van der Waals surface area (Å²) in [7, 11) is 1.59. The highest BCUT2D eigenvalue weighted by Crippen LogP contribution is 2.10. The summed E-state index contributed by atoms with van der Waals surface area (Å²) in [6.45, 7) is 3.99. The number of methoxy groups -OCH3 is 1. The number of ether oxygens (including phenoxy) is 1. The Labute approximate surface area is 73.2 Å². The van der Waals surface area contributed by atoms with Gasteiger partial charge in [0, 0.05) is 19.6 Å². The van der Waals surface area contributed by atoms with Crippen LogP contribution in [0, 0.1) is 5.92 Å². The van der Waals surface area contributed by atoms with Gasteiger partial charge in [-0.3, -0.25) is 4.79 Å². The van der Waals surface area contributed by atoms with Gasteiger partial charge in [-0.25, -0.2) is 0 Å². The maximum Gasteiger partial charge on any atom is 0.219 e. The number of hydrogen-bond acceptors (Lipinski definition) is 3. The van der Waals surface area contributed by atoms with Crippen molar-refractivity contribution < 1.29 is 9.53 Å². The number of nitrogens with two attached hydrogens (primary N) is 2. The van der Waals surface area contributed by atoms with Gasteiger partial charge in [0.2, 0.25) is 5.91 Å². The van der Waals surface area contributed by atoms with Crippen LogP contribution in [0.5, 0.6) is 0 Å². The lowest BCUT2D eigenvalue weighted by atomic mass is 9.98. The first-order valence-electron chi connectivity index (χ1n) is 4.05. The summed E-state index contributed by atoms with van der Waals surface area (Å²) in [6, 6.07) is -0.299. The molecular formula is C8H18N2O2. The SMILES string of the molecule is COC(C(C)C)C(N)CC(N)=O. The molecule has 0 bridgehead atoms. The Hall–Kier alpha value is -0.610. The molecule has 0 aromatic rings. The van der Waals surface area contributed by atoms with E-state index in [1.165, 1.54) is 0 Å². The molecule has 4 N–H and O–H groups in total. The second-order valence-electron chi connectivity index (χ2n) is 3.28. The molecule has 0 aliphatic heterocycles. The van der Waals surface area contributed by atoms with Crippen molar-refractivity contribution in [3.63, 3.8) is 0 Å². The third kappa shape index (κ3) is 3.69. The zero-order valence-electron chi connectivity index (χ0n) is 7.91. The smallest absolute Gasteiger partial charge is 0.219 e. The summed E-state index contributed by atoms with van der Waals surface area (Å²) in [5.41, 5.74) is 10.7. The van der Waals surface area contributed by atoms with Crippen LogP contribution in [0.1, 0.15) is 20.3 Å². The molecule has 0 aromatic heterocycles. The average Bonchev–Trinajstić information content (AvgIpc) is 1.85. The molecule has 0 aliphatic carbocycles. The molecule has 0 aromatic carbocycles. The minimum absolute atomic E-state index is 0.0995. The van der Waals surface area contributed by atoms with Gasteiger partial charge in [-0.15, -0.1) is 0 Å². The molecule has 4 heteroatoms. The predicted molar refractivity (Wildman–Crippen MR) is 47.4 cm³/mol. The average molecular weight is 174 g/mol. The fourth-order valence-corrected chi connectivity index (χ4v) is 1.29. The maximum atomic E-state index is 10.5. The topological polar surface area (TPSA) is 78.3 Å². The maximum absolute atomic E-state index is 10.5. The molecule has 0 saturated heterocycles. The lowest BCUT2D eigenvalue weighted by Gasteiger charge is -2.24. The Morgan fingerprint density at radius 3 is 2.25 bits per heavy atom. The molecule has 0 heterocycles. The van der Waals surface area contributed by atoms with Crippen molar-refractivity contribution in [2.24, 2.45) is 17.4 Å². The van der Waals surface area contributed by atoms with Crippen LogP contribution in [0.3, 0.4) is 0 Å². The Morgan fingerprint density at radius 2 is 2.00 bits per heavy atom. The molecule has 12 heavy (non-hydrogen) atoms. The number of hydrogen-bond donors (Lipinski definition) is 2. The van der Waals surface area contributed by atoms with E-state index in [0.717, 1.165) is 0 Å². The summed E-state index contributed by atoms with van der Waals surface area (Å²) in [4.78, 5) is 10.5. The first-order chi connectivity index (χ1) is 5.49. The van der Waals surface area contributed by atoms with Crippen LogP contribution in [0.2, 0.25) is 0 Å². The number of carbonyl (C=O) groups is 1. The van der Waals surface area contributed by atoms with Gasteiger partial charge in [0.1, 0.15) is 0 Å². The molecule has 1 amide bonds. The minimum Gasteiger partial charge on any atom is -0.380 e. The Balaban J connectivity index is 4.02. The summed E-state index contributed by atoms with van der Waals surface area (Å²) < 4.78 is 5.14. The number of rotatable bonds is 5. The molecule has 0 aliphatic rings. The van der Waals surface area contributed by atoms with Crippen molar-refractivity contribution in [3.05, 3.63) is 0 Å². The van der Waals surface area contributed by atoms with Gasteiger partial charge in [-0.2, -0.15) is 0 Å². The molecule has 0 rings (SSSR count). The molecule has 0 fully saturated rings. The highest BCUT2D eigenvalue weighted by Gasteiger charge is 2.21. The van der Waals surface area contributed by atoms with Crippen LogP contribution < -0.4 is 11.5 Å². The Bertz CT molecular complexity index is 148. The zero-order chi connectivity index (χ0) is 9.72. The third-order valence-corrected chi connectivity index (χ3v) is 1.79. The van der Waals surface area contributed by atoms with E-state index in [-0.39, 0.29) is 24.5 Å². The zero-order valence-corrected chi connectivity index (χ0v) is 7.91. The lowest BCUT2D eigenvalue weighted by molar-refractivity contribution is -0.119. The van der Waals surface area contributed by atoms with Gasteiger partial charge in [0.25, 0.3) is 0 Å². The highest BCUT2D eigenvalue weighted by molar-refractivity contribution is 5.74. The van der Waals surface area contributed by atoms with E-state index in [2.05, 4.69) is 0 Å². The van der Waals surface area contributed by atoms with E-state index in [1.54, 1.807) is 7.11 Å². The molecule has 0 radical (unpaired) electrons. The first-order valence-corrected chi connectivity index (χ1v) is 4.05. The van der Waals surface area contributed by atoms with Crippen molar-refractivity contribution in [2.45, 2.75) is 32.4 Å². The second-order valence-corrected chi connectivity index (χ2v) is 3.28. The van der Waals surface area contributed by atoms with Gasteiger partial charge in [0.05, 0.1) is 6.10 Å². The predicted octanol–water partition coefficient (Wildman–Crippen LogP) is -0.140. The number of carbonyl (C=O) groups excluding carboxylic acids is 1. The summed E-state index contributed by atoms with van der Waals surface area (Å²) >= 11 is 0. The molecule has 0 saturated carbocycles. The van der Waals surface area contributed by atoms with Gasteiger partial charge in [0.15, 0.2) is 0 Å². The summed E-state index contributed by atoms with van der Waals surface area (Å²) in [5.74, 6) is -0.0884. The second kappa shape index (κ2) is 5.11. The van der Waals surface area contributed by atoms with Crippen LogP contribution >= 0.6 is 0 Å². The minimum atomic E-state index is -0.384. The quantitative estimate of drug-likeness (QED) is 0.609. The van der Waals surface area contributed by atoms with Crippen molar-refractivity contribution >= 4 is 5.91 Å². The van der Waals surface area contributed by atoms with E-state index in [4.69, 9.17) is 16.2 Å². The van der Waals surface area contributed by atoms with E-state index in [9.17, 15) is 4.79 Å². The van der Waals surface area contributed by atoms with E-state index in [1.807, 2.05) is 13.8 Å². The molecule has 72 valence electrons. The van der Waals surface area contributed by atoms with Crippen molar-refractivity contribution in [1.29, 1.82) is 0 Å². The monoisotopic (exact) mass is 174 g/mol. The van der Waals surface area contributed by atoms with Crippen molar-refractivity contribution in [1.82, 2.24) is 0 Å². The van der Waals surface area contributed by atoms with Crippen molar-refractivity contribution in [2.75, 3.05) is 7.11 Å². The molecule has 4 nitrogen and oxygen atoms in total. The van der Waals surface area contributed by atoms with Crippen LogP contribution in [0.4, 0.5) is 0 Å². The van der Waals surface area contributed by atoms with Crippen LogP contribution in [-0.4, -0.2) is 25.2 Å². The largest absolute Gasteiger partial charge is 0.380 e. The lowest BCUT2D eigenvalue weighted by Crippen LogP contribution is -2.42. The van der Waals surface area contributed by atoms with Gasteiger partial charge < -0.3 is 16.2 Å². The van der Waals surface area contributed by atoms with E-state index >= 15 is 0 Å². The summed E-state index contributed by atoms with van der Waals surface area (Å²) in [6.07, 6.45) is 0.0777. The number of primary amides is 1. The molecular weight excluding hydrogens is 156 g/mol. The summed E-state index contributed by atoms with van der Waals surface area (Å²) in [5, 5.41) is 0. The van der Waals surface area contributed by atoms with Crippen LogP contribution in [0.25, 0.3) is 0 Å². The van der Waals surface area contributed by atoms with Crippen molar-refractivity contribution in [3.8, 4) is 0 Å². The highest BCUT2D eigenvalue weighted by atomic mass is 16.5. The molecule has 0 spiro atoms. The van der Waals surface area contributed by atoms with Crippen LogP contribution in [0.15, 0.2) is 0 Å². The van der Waals surface area contributed by atoms with E-state index < -0.39 is 0 Å². The molecule has 2 atom stereocenters. The fraction of sp³-hybridized carbons (Fsp3) is 0.875. The molecule has 2 unspecified atom stereocenters. The van der Waals surface area contributed by atoms with E-state index in [0.29, 0.717) is 5.92 Å².